The quantitative estimate of drug-likeness (QED) is 0.715. The van der Waals surface area contributed by atoms with Crippen molar-refractivity contribution in [3.63, 3.8) is 0 Å². The molecule has 1 rings (SSSR count). The highest BCUT2D eigenvalue weighted by Crippen LogP contribution is 2.06. The first kappa shape index (κ1) is 13.8. The fourth-order valence-corrected chi connectivity index (χ4v) is 1.61. The largest absolute Gasteiger partial charge is 0.388 e. The van der Waals surface area contributed by atoms with E-state index in [0.717, 1.165) is 12.8 Å². The molecule has 0 spiro atoms. The molecule has 1 heterocycles. The molecule has 6 heteroatoms. The maximum Gasteiger partial charge on any atom is 0.223 e. The molecular formula is C11H18N4OS. The monoisotopic (exact) mass is 254 g/mol. The van der Waals surface area contributed by atoms with Crippen LogP contribution in [0.1, 0.15) is 25.5 Å². The van der Waals surface area contributed by atoms with Crippen LogP contribution in [0.3, 0.4) is 0 Å². The van der Waals surface area contributed by atoms with Gasteiger partial charge >= 0.3 is 0 Å². The van der Waals surface area contributed by atoms with Crippen LogP contribution < -0.4 is 11.1 Å². The average Bonchev–Trinajstić information content (AvgIpc) is 2.30. The van der Waals surface area contributed by atoms with Crippen LogP contribution in [-0.4, -0.2) is 34.7 Å². The van der Waals surface area contributed by atoms with Gasteiger partial charge in [0, 0.05) is 13.3 Å². The van der Waals surface area contributed by atoms with E-state index in [2.05, 4.69) is 22.2 Å². The van der Waals surface area contributed by atoms with Crippen molar-refractivity contribution in [2.24, 2.45) is 5.73 Å². The van der Waals surface area contributed by atoms with E-state index in [1.165, 1.54) is 0 Å². The van der Waals surface area contributed by atoms with Gasteiger partial charge in [0.25, 0.3) is 0 Å². The lowest BCUT2D eigenvalue weighted by atomic mass is 10.2. The molecule has 0 amide bonds. The molecule has 0 aliphatic carbocycles. The summed E-state index contributed by atoms with van der Waals surface area (Å²) >= 11 is 4.87. The van der Waals surface area contributed by atoms with Crippen LogP contribution in [0.5, 0.6) is 0 Å². The fraction of sp³-hybridized carbons (Fsp3) is 0.545. The van der Waals surface area contributed by atoms with Gasteiger partial charge in [0.2, 0.25) is 5.95 Å². The van der Waals surface area contributed by atoms with Gasteiger partial charge in [0.05, 0.1) is 12.6 Å². The van der Waals surface area contributed by atoms with E-state index < -0.39 is 0 Å². The number of ether oxygens (including phenoxy) is 1. The lowest BCUT2D eigenvalue weighted by molar-refractivity contribution is 0.182. The summed E-state index contributed by atoms with van der Waals surface area (Å²) in [5.74, 6) is 0.533. The molecule has 17 heavy (non-hydrogen) atoms. The van der Waals surface area contributed by atoms with Crippen molar-refractivity contribution >= 4 is 23.2 Å². The molecule has 1 aromatic rings. The maximum absolute atomic E-state index is 5.52. The van der Waals surface area contributed by atoms with E-state index in [-0.39, 0.29) is 11.0 Å². The number of nitrogens with two attached hydrogens (primary N) is 1. The molecule has 0 bridgehead atoms. The summed E-state index contributed by atoms with van der Waals surface area (Å²) in [5, 5.41) is 3.21. The van der Waals surface area contributed by atoms with Gasteiger partial charge < -0.3 is 15.8 Å². The summed E-state index contributed by atoms with van der Waals surface area (Å²) in [7, 11) is 1.68. The molecule has 94 valence electrons. The number of nitrogens with one attached hydrogen (secondary N) is 1. The number of aromatic nitrogens is 2. The third kappa shape index (κ3) is 4.62. The molecule has 1 aromatic heterocycles. The lowest BCUT2D eigenvalue weighted by Gasteiger charge is -2.17. The molecule has 0 aliphatic rings. The second kappa shape index (κ2) is 7.13. The molecule has 3 N–H and O–H groups in total. The van der Waals surface area contributed by atoms with Crippen LogP contribution in [0.15, 0.2) is 12.3 Å². The summed E-state index contributed by atoms with van der Waals surface area (Å²) < 4.78 is 5.14. The number of hydrogen-bond acceptors (Lipinski definition) is 5. The minimum atomic E-state index is 0.201. The molecule has 0 fully saturated rings. The van der Waals surface area contributed by atoms with Crippen molar-refractivity contribution in [3.05, 3.63) is 18.0 Å². The Hall–Kier alpha value is -1.27. The summed E-state index contributed by atoms with van der Waals surface area (Å²) in [6.07, 6.45) is 3.70. The Bertz CT molecular complexity index is 366. The van der Waals surface area contributed by atoms with Gasteiger partial charge in [-0.25, -0.2) is 9.97 Å². The second-order valence-electron chi connectivity index (χ2n) is 3.72. The van der Waals surface area contributed by atoms with Gasteiger partial charge in [0.1, 0.15) is 10.7 Å². The first-order valence-corrected chi connectivity index (χ1v) is 5.96. The Labute approximate surface area is 107 Å². The topological polar surface area (TPSA) is 73.1 Å². The summed E-state index contributed by atoms with van der Waals surface area (Å²) in [6.45, 7) is 2.74. The van der Waals surface area contributed by atoms with Gasteiger partial charge in [-0.2, -0.15) is 0 Å². The normalized spacial score (nSPS) is 12.1. The van der Waals surface area contributed by atoms with Crippen molar-refractivity contribution in [2.45, 2.75) is 25.8 Å². The predicted octanol–water partition coefficient (Wildman–Crippen LogP) is 1.34. The second-order valence-corrected chi connectivity index (χ2v) is 4.15. The first-order chi connectivity index (χ1) is 8.17. The number of methoxy groups -OCH3 is 1. The summed E-state index contributed by atoms with van der Waals surface area (Å²) in [6, 6.07) is 1.89. The number of hydrogen-bond donors (Lipinski definition) is 2. The Morgan fingerprint density at radius 2 is 2.41 bits per heavy atom. The molecule has 5 nitrogen and oxygen atoms in total. The van der Waals surface area contributed by atoms with Crippen molar-refractivity contribution in [3.8, 4) is 0 Å². The van der Waals surface area contributed by atoms with E-state index in [1.807, 2.05) is 0 Å². The number of rotatable bonds is 7. The molecule has 0 saturated carbocycles. The summed E-state index contributed by atoms with van der Waals surface area (Å²) in [5.41, 5.74) is 6.09. The van der Waals surface area contributed by atoms with Crippen LogP contribution in [0, 0.1) is 0 Å². The highest BCUT2D eigenvalue weighted by molar-refractivity contribution is 7.80. The van der Waals surface area contributed by atoms with Gasteiger partial charge in [-0.3, -0.25) is 0 Å². The van der Waals surface area contributed by atoms with Gasteiger partial charge in [0.15, 0.2) is 0 Å². The first-order valence-electron chi connectivity index (χ1n) is 5.55. The Balaban J connectivity index is 2.71. The molecule has 0 radical (unpaired) electrons. The number of anilines is 1. The van der Waals surface area contributed by atoms with E-state index in [1.54, 1.807) is 19.4 Å². The predicted molar refractivity (Wildman–Crippen MR) is 72.1 cm³/mol. The van der Waals surface area contributed by atoms with E-state index >= 15 is 0 Å². The average molecular weight is 254 g/mol. The van der Waals surface area contributed by atoms with Gasteiger partial charge in [-0.05, 0) is 12.5 Å². The van der Waals surface area contributed by atoms with Crippen molar-refractivity contribution in [2.75, 3.05) is 19.0 Å². The molecule has 1 unspecified atom stereocenters. The van der Waals surface area contributed by atoms with E-state index in [0.29, 0.717) is 18.2 Å². The molecule has 0 aromatic carbocycles. The highest BCUT2D eigenvalue weighted by atomic mass is 32.1. The standard InChI is InChI=1S/C11H18N4OS/c1-3-4-8(7-16-2)14-11-13-6-5-9(15-11)10(12)17/h5-6,8H,3-4,7H2,1-2H3,(H2,12,17)(H,13,14,15). The Morgan fingerprint density at radius 1 is 1.65 bits per heavy atom. The zero-order valence-corrected chi connectivity index (χ0v) is 11.0. The smallest absolute Gasteiger partial charge is 0.223 e. The van der Waals surface area contributed by atoms with Crippen molar-refractivity contribution < 1.29 is 4.74 Å². The molecule has 0 aliphatic heterocycles. The van der Waals surface area contributed by atoms with Crippen LogP contribution >= 0.6 is 12.2 Å². The third-order valence-electron chi connectivity index (χ3n) is 2.25. The summed E-state index contributed by atoms with van der Waals surface area (Å²) in [4.78, 5) is 8.64. The van der Waals surface area contributed by atoms with Crippen molar-refractivity contribution in [1.29, 1.82) is 0 Å². The highest BCUT2D eigenvalue weighted by Gasteiger charge is 2.09. The minimum absolute atomic E-state index is 0.201. The third-order valence-corrected chi connectivity index (χ3v) is 2.46. The lowest BCUT2D eigenvalue weighted by Crippen LogP contribution is -2.26. The zero-order chi connectivity index (χ0) is 12.7. The maximum atomic E-state index is 5.52. The van der Waals surface area contributed by atoms with Crippen LogP contribution in [-0.2, 0) is 4.74 Å². The van der Waals surface area contributed by atoms with Gasteiger partial charge in [-0.1, -0.05) is 25.6 Å². The fourth-order valence-electron chi connectivity index (χ4n) is 1.49. The zero-order valence-electron chi connectivity index (χ0n) is 10.1. The number of nitrogens with zero attached hydrogens (tertiary/aromatic N) is 2. The van der Waals surface area contributed by atoms with E-state index in [9.17, 15) is 0 Å². The SMILES string of the molecule is CCCC(COC)Nc1nccc(C(N)=S)n1. The molecule has 1 atom stereocenters. The van der Waals surface area contributed by atoms with Crippen LogP contribution in [0.4, 0.5) is 5.95 Å². The van der Waals surface area contributed by atoms with Crippen LogP contribution in [0.2, 0.25) is 0 Å². The van der Waals surface area contributed by atoms with E-state index in [4.69, 9.17) is 22.7 Å². The minimum Gasteiger partial charge on any atom is -0.388 e. The van der Waals surface area contributed by atoms with Crippen LogP contribution in [0.25, 0.3) is 0 Å². The molecule has 0 saturated heterocycles. The Morgan fingerprint density at radius 3 is 3.00 bits per heavy atom. The Kier molecular flexibility index (Phi) is 5.79. The van der Waals surface area contributed by atoms with Gasteiger partial charge in [-0.15, -0.1) is 0 Å². The number of thiocarbonyl (C=S) groups is 1. The molecular weight excluding hydrogens is 236 g/mol. The van der Waals surface area contributed by atoms with Crippen molar-refractivity contribution in [1.82, 2.24) is 9.97 Å².